The minimum atomic E-state index is 0.0279. The summed E-state index contributed by atoms with van der Waals surface area (Å²) in [6.45, 7) is 9.22. The number of ether oxygens (including phenoxy) is 1. The fourth-order valence-corrected chi connectivity index (χ4v) is 3.04. The molecule has 1 saturated heterocycles. The van der Waals surface area contributed by atoms with E-state index in [2.05, 4.69) is 44.4 Å². The van der Waals surface area contributed by atoms with E-state index in [0.717, 1.165) is 37.6 Å². The maximum atomic E-state index is 5.56. The predicted molar refractivity (Wildman–Crippen MR) is 92.9 cm³/mol. The van der Waals surface area contributed by atoms with Crippen molar-refractivity contribution in [2.24, 2.45) is 0 Å². The Bertz CT molecular complexity index is 622. The second-order valence-corrected chi connectivity index (χ2v) is 7.33. The van der Waals surface area contributed by atoms with Gasteiger partial charge in [0.1, 0.15) is 0 Å². The first-order valence-electron chi connectivity index (χ1n) is 8.49. The smallest absolute Gasteiger partial charge is 0.0727 e. The maximum Gasteiger partial charge on any atom is 0.0727 e. The number of rotatable bonds is 4. The van der Waals surface area contributed by atoms with Crippen LogP contribution in [0.1, 0.15) is 44.9 Å². The van der Waals surface area contributed by atoms with Crippen molar-refractivity contribution in [1.29, 1.82) is 0 Å². The molecule has 0 radical (unpaired) electrons. The summed E-state index contributed by atoms with van der Waals surface area (Å²) in [6, 6.07) is 10.8. The highest BCUT2D eigenvalue weighted by atomic mass is 16.5. The van der Waals surface area contributed by atoms with E-state index < -0.39 is 0 Å². The Kier molecular flexibility index (Phi) is 4.83. The minimum absolute atomic E-state index is 0.0279. The lowest BCUT2D eigenvalue weighted by Crippen LogP contribution is -2.36. The van der Waals surface area contributed by atoms with E-state index >= 15 is 0 Å². The van der Waals surface area contributed by atoms with Crippen LogP contribution in [0, 0.1) is 0 Å². The topological polar surface area (TPSA) is 39.1 Å². The van der Waals surface area contributed by atoms with E-state index in [1.54, 1.807) is 0 Å². The Balaban J connectivity index is 1.81. The fraction of sp³-hybridized carbons (Fsp3) is 0.526. The second kappa shape index (κ2) is 6.85. The van der Waals surface area contributed by atoms with Gasteiger partial charge in [-0.15, -0.1) is 0 Å². The molecule has 1 aliphatic rings. The maximum absolute atomic E-state index is 5.56. The molecule has 0 aliphatic carbocycles. The summed E-state index contributed by atoms with van der Waals surface area (Å²) in [5.74, 6) is 0. The molecular weight excluding hydrogens is 286 g/mol. The lowest BCUT2D eigenvalue weighted by molar-refractivity contribution is 0.0699. The van der Waals surface area contributed by atoms with Gasteiger partial charge in [-0.1, -0.05) is 39.0 Å². The molecule has 0 amide bonds. The number of nitrogens with zero attached hydrogens (tertiary/aromatic N) is 2. The van der Waals surface area contributed by atoms with Gasteiger partial charge in [-0.3, -0.25) is 0 Å². The number of hydrogen-bond acceptors (Lipinski definition) is 3. The summed E-state index contributed by atoms with van der Waals surface area (Å²) in [6.07, 6.45) is 4.50. The molecular formula is C19H27N3O. The van der Waals surface area contributed by atoms with Crippen LogP contribution in [0.4, 0.5) is 0 Å². The van der Waals surface area contributed by atoms with Crippen molar-refractivity contribution in [3.63, 3.8) is 0 Å². The summed E-state index contributed by atoms with van der Waals surface area (Å²) < 4.78 is 7.55. The van der Waals surface area contributed by atoms with E-state index in [1.165, 1.54) is 12.0 Å². The van der Waals surface area contributed by atoms with Crippen LogP contribution in [0.15, 0.2) is 36.5 Å². The first kappa shape index (κ1) is 16.2. The normalized spacial score (nSPS) is 19.0. The molecule has 0 spiro atoms. The number of nitrogens with one attached hydrogen (secondary N) is 1. The third-order valence-electron chi connectivity index (χ3n) is 4.26. The lowest BCUT2D eigenvalue weighted by Gasteiger charge is -2.24. The number of para-hydroxylation sites is 1. The Morgan fingerprint density at radius 3 is 2.70 bits per heavy atom. The molecule has 4 heteroatoms. The van der Waals surface area contributed by atoms with Crippen molar-refractivity contribution in [2.75, 3.05) is 13.2 Å². The largest absolute Gasteiger partial charge is 0.380 e. The third kappa shape index (κ3) is 4.01. The lowest BCUT2D eigenvalue weighted by atomic mass is 9.89. The molecule has 1 aromatic carbocycles. The monoisotopic (exact) mass is 313 g/mol. The van der Waals surface area contributed by atoms with Crippen LogP contribution in [0.3, 0.4) is 0 Å². The SMILES string of the molecule is CC(C)(C)c1nn(-c2ccccc2)cc1CNC1CCCOC1. The van der Waals surface area contributed by atoms with Gasteiger partial charge in [0, 0.05) is 36.4 Å². The van der Waals surface area contributed by atoms with Gasteiger partial charge in [-0.25, -0.2) is 4.68 Å². The van der Waals surface area contributed by atoms with E-state index in [-0.39, 0.29) is 5.41 Å². The average molecular weight is 313 g/mol. The molecule has 1 aromatic heterocycles. The molecule has 2 heterocycles. The van der Waals surface area contributed by atoms with Crippen molar-refractivity contribution in [1.82, 2.24) is 15.1 Å². The van der Waals surface area contributed by atoms with Gasteiger partial charge in [-0.2, -0.15) is 5.10 Å². The van der Waals surface area contributed by atoms with Crippen LogP contribution < -0.4 is 5.32 Å². The molecule has 2 aromatic rings. The predicted octanol–water partition coefficient (Wildman–Crippen LogP) is 3.44. The Hall–Kier alpha value is -1.65. The highest BCUT2D eigenvalue weighted by Crippen LogP contribution is 2.26. The molecule has 3 rings (SSSR count). The van der Waals surface area contributed by atoms with Gasteiger partial charge in [0.05, 0.1) is 18.0 Å². The Morgan fingerprint density at radius 1 is 1.26 bits per heavy atom. The second-order valence-electron chi connectivity index (χ2n) is 7.33. The first-order valence-corrected chi connectivity index (χ1v) is 8.49. The first-order chi connectivity index (χ1) is 11.0. The molecule has 1 unspecified atom stereocenters. The molecule has 1 atom stereocenters. The zero-order chi connectivity index (χ0) is 16.3. The van der Waals surface area contributed by atoms with E-state index in [0.29, 0.717) is 6.04 Å². The number of benzene rings is 1. The molecule has 4 nitrogen and oxygen atoms in total. The van der Waals surface area contributed by atoms with Crippen LogP contribution in [-0.2, 0) is 16.7 Å². The number of hydrogen-bond donors (Lipinski definition) is 1. The van der Waals surface area contributed by atoms with Crippen LogP contribution in [-0.4, -0.2) is 29.0 Å². The summed E-state index contributed by atoms with van der Waals surface area (Å²) in [7, 11) is 0. The van der Waals surface area contributed by atoms with E-state index in [9.17, 15) is 0 Å². The molecule has 23 heavy (non-hydrogen) atoms. The quantitative estimate of drug-likeness (QED) is 0.940. The van der Waals surface area contributed by atoms with Crippen molar-refractivity contribution >= 4 is 0 Å². The van der Waals surface area contributed by atoms with Crippen molar-refractivity contribution in [2.45, 2.75) is 51.6 Å². The van der Waals surface area contributed by atoms with Gasteiger partial charge < -0.3 is 10.1 Å². The zero-order valence-corrected chi connectivity index (χ0v) is 14.4. The van der Waals surface area contributed by atoms with Crippen molar-refractivity contribution in [3.8, 4) is 5.69 Å². The van der Waals surface area contributed by atoms with Crippen molar-refractivity contribution < 1.29 is 4.74 Å². The summed E-state index contributed by atoms with van der Waals surface area (Å²) in [5, 5.41) is 8.50. The summed E-state index contributed by atoms with van der Waals surface area (Å²) in [5.41, 5.74) is 3.56. The molecule has 0 saturated carbocycles. The van der Waals surface area contributed by atoms with Gasteiger partial charge in [-0.05, 0) is 25.0 Å². The fourth-order valence-electron chi connectivity index (χ4n) is 3.04. The molecule has 1 aliphatic heterocycles. The third-order valence-corrected chi connectivity index (χ3v) is 4.26. The standard InChI is InChI=1S/C19H27N3O/c1-19(2,3)18-15(12-20-16-8-7-11-23-14-16)13-22(21-18)17-9-5-4-6-10-17/h4-6,9-10,13,16,20H,7-8,11-12,14H2,1-3H3. The molecule has 124 valence electrons. The zero-order valence-electron chi connectivity index (χ0n) is 14.4. The van der Waals surface area contributed by atoms with Gasteiger partial charge in [0.25, 0.3) is 0 Å². The van der Waals surface area contributed by atoms with Gasteiger partial charge in [0.2, 0.25) is 0 Å². The van der Waals surface area contributed by atoms with Crippen LogP contribution in [0.5, 0.6) is 0 Å². The minimum Gasteiger partial charge on any atom is -0.380 e. The van der Waals surface area contributed by atoms with Crippen LogP contribution in [0.2, 0.25) is 0 Å². The van der Waals surface area contributed by atoms with E-state index in [1.807, 2.05) is 22.9 Å². The molecule has 1 fully saturated rings. The Labute approximate surface area is 138 Å². The summed E-state index contributed by atoms with van der Waals surface area (Å²) >= 11 is 0. The highest BCUT2D eigenvalue weighted by molar-refractivity contribution is 5.34. The van der Waals surface area contributed by atoms with Crippen LogP contribution >= 0.6 is 0 Å². The van der Waals surface area contributed by atoms with Gasteiger partial charge in [0.15, 0.2) is 0 Å². The summed E-state index contributed by atoms with van der Waals surface area (Å²) in [4.78, 5) is 0. The van der Waals surface area contributed by atoms with Crippen LogP contribution in [0.25, 0.3) is 5.69 Å². The number of aromatic nitrogens is 2. The Morgan fingerprint density at radius 2 is 2.04 bits per heavy atom. The van der Waals surface area contributed by atoms with Crippen molar-refractivity contribution in [3.05, 3.63) is 47.8 Å². The highest BCUT2D eigenvalue weighted by Gasteiger charge is 2.23. The molecule has 1 N–H and O–H groups in total. The van der Waals surface area contributed by atoms with E-state index in [4.69, 9.17) is 9.84 Å². The molecule has 0 bridgehead atoms. The average Bonchev–Trinajstić information content (AvgIpc) is 2.99. The van der Waals surface area contributed by atoms with Gasteiger partial charge >= 0.3 is 0 Å².